The lowest BCUT2D eigenvalue weighted by Gasteiger charge is -2.09. The van der Waals surface area contributed by atoms with E-state index < -0.39 is 5.82 Å². The summed E-state index contributed by atoms with van der Waals surface area (Å²) in [4.78, 5) is 16.4. The van der Waals surface area contributed by atoms with Gasteiger partial charge in [0.15, 0.2) is 0 Å². The largest absolute Gasteiger partial charge is 0.492 e. The monoisotopic (exact) mass is 362 g/mol. The molecule has 3 aromatic rings. The van der Waals surface area contributed by atoms with Crippen LogP contribution in [0.2, 0.25) is 0 Å². The normalized spacial score (nSPS) is 10.8. The second-order valence-corrected chi connectivity index (χ2v) is 5.63. The third-order valence-corrected chi connectivity index (χ3v) is 3.68. The van der Waals surface area contributed by atoms with E-state index in [1.807, 2.05) is 24.3 Å². The fraction of sp³-hybridized carbons (Fsp3) is 0.125. The molecule has 0 aliphatic rings. The highest BCUT2D eigenvalue weighted by atomic mass is 79.9. The van der Waals surface area contributed by atoms with Gasteiger partial charge in [0.1, 0.15) is 18.2 Å². The zero-order valence-corrected chi connectivity index (χ0v) is 13.1. The van der Waals surface area contributed by atoms with E-state index >= 15 is 0 Å². The van der Waals surface area contributed by atoms with Gasteiger partial charge in [-0.2, -0.15) is 0 Å². The zero-order valence-electron chi connectivity index (χ0n) is 11.5. The predicted molar refractivity (Wildman–Crippen MR) is 85.6 cm³/mol. The van der Waals surface area contributed by atoms with E-state index in [9.17, 15) is 9.18 Å². The molecule has 112 valence electrons. The zero-order chi connectivity index (χ0) is 15.5. The molecule has 1 heterocycles. The van der Waals surface area contributed by atoms with Crippen molar-refractivity contribution in [3.8, 4) is 5.75 Å². The van der Waals surface area contributed by atoms with Gasteiger partial charge in [-0.1, -0.05) is 22.0 Å². The van der Waals surface area contributed by atoms with Gasteiger partial charge in [-0.05, 0) is 30.3 Å². The highest BCUT2D eigenvalue weighted by molar-refractivity contribution is 9.10. The van der Waals surface area contributed by atoms with Gasteiger partial charge in [0, 0.05) is 10.5 Å². The molecule has 1 aromatic heterocycles. The minimum atomic E-state index is -0.407. The molecule has 0 unspecified atom stereocenters. The van der Waals surface area contributed by atoms with Crippen molar-refractivity contribution in [2.45, 2.75) is 6.54 Å². The summed E-state index contributed by atoms with van der Waals surface area (Å²) in [5, 5.41) is 0.395. The number of hydrogen-bond acceptors (Lipinski definition) is 3. The first kappa shape index (κ1) is 14.7. The van der Waals surface area contributed by atoms with Crippen LogP contribution < -0.4 is 10.3 Å². The summed E-state index contributed by atoms with van der Waals surface area (Å²) in [7, 11) is 0. The summed E-state index contributed by atoms with van der Waals surface area (Å²) in [6.07, 6.45) is 1.41. The Morgan fingerprint density at radius 2 is 2.09 bits per heavy atom. The van der Waals surface area contributed by atoms with Crippen LogP contribution in [0.15, 0.2) is 58.1 Å². The lowest BCUT2D eigenvalue weighted by molar-refractivity contribution is 0.296. The minimum Gasteiger partial charge on any atom is -0.492 e. The van der Waals surface area contributed by atoms with Crippen LogP contribution in [0, 0.1) is 5.82 Å². The van der Waals surface area contributed by atoms with Crippen molar-refractivity contribution in [3.05, 3.63) is 69.4 Å². The predicted octanol–water partition coefficient (Wildman–Crippen LogP) is 3.38. The van der Waals surface area contributed by atoms with Gasteiger partial charge in [0.25, 0.3) is 5.56 Å². The number of fused-ring (bicyclic) bond motifs is 1. The van der Waals surface area contributed by atoms with E-state index in [4.69, 9.17) is 4.74 Å². The number of rotatable bonds is 4. The Kier molecular flexibility index (Phi) is 4.20. The first-order chi connectivity index (χ1) is 10.6. The number of ether oxygens (including phenoxy) is 1. The molecule has 0 amide bonds. The van der Waals surface area contributed by atoms with Crippen molar-refractivity contribution in [3.63, 3.8) is 0 Å². The highest BCUT2D eigenvalue weighted by Gasteiger charge is 2.05. The van der Waals surface area contributed by atoms with Crippen LogP contribution >= 0.6 is 15.9 Å². The Bertz CT molecular complexity index is 879. The third kappa shape index (κ3) is 3.17. The van der Waals surface area contributed by atoms with Crippen LogP contribution in [-0.4, -0.2) is 16.2 Å². The molecule has 6 heteroatoms. The summed E-state index contributed by atoms with van der Waals surface area (Å²) in [5.41, 5.74) is 0.150. The maximum absolute atomic E-state index is 13.1. The van der Waals surface area contributed by atoms with Crippen LogP contribution in [0.3, 0.4) is 0 Å². The van der Waals surface area contributed by atoms with E-state index in [0.717, 1.165) is 10.2 Å². The Morgan fingerprint density at radius 3 is 2.91 bits per heavy atom. The minimum absolute atomic E-state index is 0.206. The molecule has 0 saturated heterocycles. The third-order valence-electron chi connectivity index (χ3n) is 3.18. The summed E-state index contributed by atoms with van der Waals surface area (Å²) in [6, 6.07) is 11.4. The highest BCUT2D eigenvalue weighted by Crippen LogP contribution is 2.17. The standard InChI is InChI=1S/C16H12BrFN2O2/c17-11-2-1-3-13(8-11)22-7-6-20-10-19-15-9-12(18)4-5-14(15)16(20)21/h1-5,8-10H,6-7H2. The molecule has 0 spiro atoms. The van der Waals surface area contributed by atoms with Crippen molar-refractivity contribution >= 4 is 26.8 Å². The molecular weight excluding hydrogens is 351 g/mol. The van der Waals surface area contributed by atoms with Crippen LogP contribution in [0.5, 0.6) is 5.75 Å². The van der Waals surface area contributed by atoms with Crippen molar-refractivity contribution in [1.29, 1.82) is 0 Å². The van der Waals surface area contributed by atoms with Crippen molar-refractivity contribution in [1.82, 2.24) is 9.55 Å². The van der Waals surface area contributed by atoms with E-state index in [0.29, 0.717) is 24.1 Å². The second-order valence-electron chi connectivity index (χ2n) is 4.71. The molecule has 3 rings (SSSR count). The summed E-state index contributed by atoms with van der Waals surface area (Å²) in [5.74, 6) is 0.313. The number of aromatic nitrogens is 2. The van der Waals surface area contributed by atoms with E-state index in [1.54, 1.807) is 0 Å². The van der Waals surface area contributed by atoms with Gasteiger partial charge < -0.3 is 4.74 Å². The van der Waals surface area contributed by atoms with Gasteiger partial charge in [0.2, 0.25) is 0 Å². The molecule has 0 aliphatic carbocycles. The quantitative estimate of drug-likeness (QED) is 0.714. The molecule has 22 heavy (non-hydrogen) atoms. The molecule has 0 bridgehead atoms. The maximum atomic E-state index is 13.1. The Morgan fingerprint density at radius 1 is 1.23 bits per heavy atom. The molecule has 0 fully saturated rings. The van der Waals surface area contributed by atoms with E-state index in [-0.39, 0.29) is 5.56 Å². The molecule has 0 saturated carbocycles. The van der Waals surface area contributed by atoms with Gasteiger partial charge in [-0.25, -0.2) is 9.37 Å². The van der Waals surface area contributed by atoms with E-state index in [1.165, 1.54) is 29.1 Å². The average Bonchev–Trinajstić information content (AvgIpc) is 2.49. The summed E-state index contributed by atoms with van der Waals surface area (Å²) >= 11 is 3.37. The Balaban J connectivity index is 1.75. The number of hydrogen-bond donors (Lipinski definition) is 0. The maximum Gasteiger partial charge on any atom is 0.261 e. The second kappa shape index (κ2) is 6.27. The molecule has 4 nitrogen and oxygen atoms in total. The lowest BCUT2D eigenvalue weighted by atomic mass is 10.2. The van der Waals surface area contributed by atoms with Crippen LogP contribution in [0.25, 0.3) is 10.9 Å². The average molecular weight is 363 g/mol. The SMILES string of the molecule is O=c1c2ccc(F)cc2ncn1CCOc1cccc(Br)c1. The van der Waals surface area contributed by atoms with Crippen molar-refractivity contribution in [2.75, 3.05) is 6.61 Å². The lowest BCUT2D eigenvalue weighted by Crippen LogP contribution is -2.23. The molecule has 0 radical (unpaired) electrons. The Hall–Kier alpha value is -2.21. The van der Waals surface area contributed by atoms with Gasteiger partial charge in [0.05, 0.1) is 23.8 Å². The first-order valence-electron chi connectivity index (χ1n) is 6.66. The van der Waals surface area contributed by atoms with Crippen LogP contribution in [0.4, 0.5) is 4.39 Å². The fourth-order valence-electron chi connectivity index (χ4n) is 2.11. The molecule has 2 aromatic carbocycles. The summed E-state index contributed by atoms with van der Waals surface area (Å²) < 4.78 is 21.1. The number of nitrogens with zero attached hydrogens (tertiary/aromatic N) is 2. The van der Waals surface area contributed by atoms with Crippen LogP contribution in [0.1, 0.15) is 0 Å². The number of halogens is 2. The van der Waals surface area contributed by atoms with Crippen LogP contribution in [-0.2, 0) is 6.54 Å². The Labute approximate surface area is 134 Å². The smallest absolute Gasteiger partial charge is 0.261 e. The first-order valence-corrected chi connectivity index (χ1v) is 7.46. The van der Waals surface area contributed by atoms with Crippen molar-refractivity contribution in [2.24, 2.45) is 0 Å². The van der Waals surface area contributed by atoms with Gasteiger partial charge in [-0.15, -0.1) is 0 Å². The molecule has 0 aliphatic heterocycles. The van der Waals surface area contributed by atoms with E-state index in [2.05, 4.69) is 20.9 Å². The van der Waals surface area contributed by atoms with Gasteiger partial charge in [-0.3, -0.25) is 9.36 Å². The fourth-order valence-corrected chi connectivity index (χ4v) is 2.49. The topological polar surface area (TPSA) is 44.1 Å². The molecular formula is C16H12BrFN2O2. The number of benzene rings is 2. The molecule has 0 atom stereocenters. The van der Waals surface area contributed by atoms with Gasteiger partial charge >= 0.3 is 0 Å². The van der Waals surface area contributed by atoms with Crippen molar-refractivity contribution < 1.29 is 9.13 Å². The summed E-state index contributed by atoms with van der Waals surface area (Å²) in [6.45, 7) is 0.705. The molecule has 0 N–H and O–H groups in total.